The molecule has 0 spiro atoms. The van der Waals surface area contributed by atoms with Gasteiger partial charge >= 0.3 is 0 Å². The van der Waals surface area contributed by atoms with E-state index < -0.39 is 8.32 Å². The minimum Gasteiger partial charge on any atom is -0.432 e. The Morgan fingerprint density at radius 2 is 1.88 bits per heavy atom. The molecule has 0 saturated carbocycles. The molecule has 9 nitrogen and oxygen atoms in total. The molecule has 2 aromatic heterocycles. The van der Waals surface area contributed by atoms with Gasteiger partial charge in [-0.3, -0.25) is 4.68 Å². The fourth-order valence-electron chi connectivity index (χ4n) is 5.48. The summed E-state index contributed by atoms with van der Waals surface area (Å²) in [5.41, 5.74) is 7.81. The second-order valence-electron chi connectivity index (χ2n) is 13.0. The van der Waals surface area contributed by atoms with Crippen LogP contribution in [0.1, 0.15) is 55.9 Å². The molecule has 220 valence electrons. The summed E-state index contributed by atoms with van der Waals surface area (Å²) in [6, 6.07) is 14.3. The number of aryl methyl sites for hydroxylation is 2. The molecule has 0 aliphatic carbocycles. The number of nitriles is 2. The molecule has 1 aliphatic heterocycles. The van der Waals surface area contributed by atoms with Crippen LogP contribution in [0.4, 0.5) is 17.3 Å². The van der Waals surface area contributed by atoms with Crippen molar-refractivity contribution in [3.05, 3.63) is 71.2 Å². The molecule has 0 unspecified atom stereocenters. The van der Waals surface area contributed by atoms with Gasteiger partial charge in [0, 0.05) is 53.8 Å². The number of nitrogens with one attached hydrogen (secondary N) is 2. The van der Waals surface area contributed by atoms with Crippen molar-refractivity contribution in [3.63, 3.8) is 0 Å². The fraction of sp³-hybridized carbons (Fsp3) is 0.364. The van der Waals surface area contributed by atoms with E-state index in [-0.39, 0.29) is 10.5 Å². The maximum atomic E-state index is 10.9. The van der Waals surface area contributed by atoms with Gasteiger partial charge in [0.05, 0.1) is 34.8 Å². The number of nitrogens with zero attached hydrogens (tertiary/aromatic N) is 6. The quantitative estimate of drug-likeness (QED) is 0.191. The minimum atomic E-state index is -2.35. The first-order chi connectivity index (χ1) is 20.2. The molecule has 0 fully saturated rings. The van der Waals surface area contributed by atoms with E-state index in [1.807, 2.05) is 57.5 Å². The first kappa shape index (κ1) is 30.0. The van der Waals surface area contributed by atoms with Crippen LogP contribution in [0.25, 0.3) is 22.4 Å². The third kappa shape index (κ3) is 5.77. The van der Waals surface area contributed by atoms with Crippen LogP contribution >= 0.6 is 0 Å². The number of aromatic nitrogens is 4. The van der Waals surface area contributed by atoms with Gasteiger partial charge in [-0.2, -0.15) is 15.6 Å². The summed E-state index contributed by atoms with van der Waals surface area (Å²) in [5, 5.41) is 30.8. The summed E-state index contributed by atoms with van der Waals surface area (Å²) in [5.74, 6) is 0.399. The first-order valence-corrected chi connectivity index (χ1v) is 17.4. The Balaban J connectivity index is 1.46. The zero-order valence-electron chi connectivity index (χ0n) is 25.9. The van der Waals surface area contributed by atoms with Gasteiger partial charge in [0.1, 0.15) is 6.07 Å². The molecule has 0 saturated heterocycles. The van der Waals surface area contributed by atoms with Crippen molar-refractivity contribution in [1.82, 2.24) is 19.7 Å². The Morgan fingerprint density at radius 3 is 2.53 bits per heavy atom. The number of fused-ring (bicyclic) bond motifs is 1. The highest BCUT2D eigenvalue weighted by atomic mass is 28.4. The van der Waals surface area contributed by atoms with Crippen LogP contribution in [0.15, 0.2) is 48.9 Å². The highest BCUT2D eigenvalue weighted by Crippen LogP contribution is 2.48. The molecular weight excluding hydrogens is 553 g/mol. The second-order valence-corrected chi connectivity index (χ2v) is 17.5. The zero-order valence-corrected chi connectivity index (χ0v) is 26.9. The molecule has 0 amide bonds. The Morgan fingerprint density at radius 1 is 1.14 bits per heavy atom. The highest BCUT2D eigenvalue weighted by molar-refractivity contribution is 6.72. The van der Waals surface area contributed by atoms with Crippen molar-refractivity contribution in [2.75, 3.05) is 17.2 Å². The molecule has 4 aromatic rings. The summed E-state index contributed by atoms with van der Waals surface area (Å²) in [4.78, 5) is 20.1. The van der Waals surface area contributed by atoms with Gasteiger partial charge in [-0.25, -0.2) is 9.97 Å². The number of benzene rings is 2. The van der Waals surface area contributed by atoms with Crippen molar-refractivity contribution in [3.8, 4) is 34.5 Å². The van der Waals surface area contributed by atoms with Gasteiger partial charge in [-0.05, 0) is 79.4 Å². The maximum absolute atomic E-state index is 10.9. The predicted molar refractivity (Wildman–Crippen MR) is 172 cm³/mol. The summed E-state index contributed by atoms with van der Waals surface area (Å²) in [7, 11) is -0.502. The molecule has 0 radical (unpaired) electrons. The third-order valence-corrected chi connectivity index (χ3v) is 12.8. The number of rotatable bonds is 8. The lowest BCUT2D eigenvalue weighted by Crippen LogP contribution is -2.40. The molecule has 3 heterocycles. The van der Waals surface area contributed by atoms with Crippen LogP contribution in [0.2, 0.25) is 18.1 Å². The molecule has 10 heteroatoms. The average Bonchev–Trinajstić information content (AvgIpc) is 3.55. The molecule has 3 N–H and O–H groups in total. The topological polar surface area (TPSA) is 135 Å². The van der Waals surface area contributed by atoms with E-state index in [4.69, 9.17) is 4.98 Å². The molecule has 1 aliphatic rings. The number of anilines is 3. The molecule has 5 rings (SSSR count). The molecular formula is C33H38N8OSi. The van der Waals surface area contributed by atoms with Gasteiger partial charge < -0.3 is 15.4 Å². The van der Waals surface area contributed by atoms with E-state index in [0.717, 1.165) is 58.6 Å². The van der Waals surface area contributed by atoms with Gasteiger partial charge in [0.15, 0.2) is 8.32 Å². The van der Waals surface area contributed by atoms with Gasteiger partial charge in [0.2, 0.25) is 5.95 Å². The van der Waals surface area contributed by atoms with E-state index in [1.165, 1.54) is 0 Å². The van der Waals surface area contributed by atoms with Crippen molar-refractivity contribution in [2.45, 2.75) is 64.1 Å². The predicted octanol–water partition coefficient (Wildman–Crippen LogP) is 6.78. The Labute approximate surface area is 254 Å². The van der Waals surface area contributed by atoms with Gasteiger partial charge in [-0.1, -0.05) is 20.8 Å². The van der Waals surface area contributed by atoms with E-state index in [2.05, 4.69) is 59.7 Å². The molecule has 1 atom stereocenters. The Hall–Kier alpha value is -4.51. The molecule has 43 heavy (non-hydrogen) atoms. The number of hydrogen-bond acceptors (Lipinski definition) is 8. The van der Waals surface area contributed by atoms with Crippen LogP contribution in [0.3, 0.4) is 0 Å². The van der Waals surface area contributed by atoms with Crippen molar-refractivity contribution < 1.29 is 4.80 Å². The molecule has 2 aromatic carbocycles. The monoisotopic (exact) mass is 590 g/mol. The Bertz CT molecular complexity index is 1790. The Kier molecular flexibility index (Phi) is 7.63. The van der Waals surface area contributed by atoms with E-state index in [0.29, 0.717) is 22.8 Å². The molecule has 0 bridgehead atoms. The largest absolute Gasteiger partial charge is 0.432 e. The van der Waals surface area contributed by atoms with Crippen molar-refractivity contribution >= 4 is 25.6 Å². The summed E-state index contributed by atoms with van der Waals surface area (Å²) >= 11 is 0. The van der Waals surface area contributed by atoms with Gasteiger partial charge in [0.25, 0.3) is 0 Å². The van der Waals surface area contributed by atoms with Crippen LogP contribution in [0.5, 0.6) is 0 Å². The minimum absolute atomic E-state index is 0.138. The smallest absolute Gasteiger partial charge is 0.227 e. The first-order valence-electron chi connectivity index (χ1n) is 14.4. The normalized spacial score (nSPS) is 16.2. The van der Waals surface area contributed by atoms with E-state index >= 15 is 0 Å². The fourth-order valence-corrected chi connectivity index (χ4v) is 6.21. The highest BCUT2D eigenvalue weighted by Gasteiger charge is 2.42. The van der Waals surface area contributed by atoms with Crippen molar-refractivity contribution in [2.24, 2.45) is 7.05 Å². The van der Waals surface area contributed by atoms with Crippen LogP contribution in [-0.2, 0) is 12.5 Å². The average molecular weight is 591 g/mol. The standard InChI is InChI=1S/C33H38N8OSi/c1-21-12-26(25-18-38-41(5)19-25)23(16-34)15-29(21)40-31-36-11-8-28(39-31)22-13-24(17-35)30-27(14-22)33(4,20-37-30)10-9-32(2,3)43(6,7)42/h8,11-15,18-19,37,42H,9-10,20H2,1-7H3,(H,36,39,40)/t33-/m0/s1. The van der Waals surface area contributed by atoms with Crippen LogP contribution < -0.4 is 10.6 Å². The lowest BCUT2D eigenvalue weighted by Gasteiger charge is -2.38. The van der Waals surface area contributed by atoms with Gasteiger partial charge in [-0.15, -0.1) is 0 Å². The third-order valence-electron chi connectivity index (χ3n) is 9.22. The summed E-state index contributed by atoms with van der Waals surface area (Å²) < 4.78 is 1.71. The lowest BCUT2D eigenvalue weighted by atomic mass is 9.77. The summed E-state index contributed by atoms with van der Waals surface area (Å²) in [6.07, 6.45) is 7.10. The van der Waals surface area contributed by atoms with Crippen LogP contribution in [0, 0.1) is 29.6 Å². The SMILES string of the molecule is Cc1cc(-c2cnn(C)c2)c(C#N)cc1Nc1nccc(-c2cc(C#N)c3c(c2)[C@@](C)(CCC(C)(C)[Si](C)(C)O)CN3)n1. The maximum Gasteiger partial charge on any atom is 0.227 e. The van der Waals surface area contributed by atoms with E-state index in [1.54, 1.807) is 17.1 Å². The zero-order chi connectivity index (χ0) is 31.2. The van der Waals surface area contributed by atoms with Crippen molar-refractivity contribution in [1.29, 1.82) is 10.5 Å². The van der Waals surface area contributed by atoms with E-state index in [9.17, 15) is 15.3 Å². The number of hydrogen-bond donors (Lipinski definition) is 3. The lowest BCUT2D eigenvalue weighted by molar-refractivity contribution is 0.384. The summed E-state index contributed by atoms with van der Waals surface area (Å²) in [6.45, 7) is 13.3. The van der Waals surface area contributed by atoms with Crippen LogP contribution in [-0.4, -0.2) is 39.4 Å². The second kappa shape index (κ2) is 11.0.